The molecule has 0 spiro atoms. The van der Waals surface area contributed by atoms with Crippen LogP contribution in [-0.2, 0) is 0 Å². The van der Waals surface area contributed by atoms with Gasteiger partial charge >= 0.3 is 0 Å². The minimum atomic E-state index is 0.661. The van der Waals surface area contributed by atoms with E-state index in [9.17, 15) is 0 Å². The molecule has 4 heteroatoms. The van der Waals surface area contributed by atoms with Crippen molar-refractivity contribution in [2.75, 3.05) is 43.4 Å². The van der Waals surface area contributed by atoms with Crippen LogP contribution < -0.4 is 10.6 Å². The van der Waals surface area contributed by atoms with Crippen molar-refractivity contribution in [1.29, 1.82) is 0 Å². The number of rotatable bonds is 4. The van der Waals surface area contributed by atoms with Gasteiger partial charge in [0.2, 0.25) is 0 Å². The van der Waals surface area contributed by atoms with Crippen LogP contribution in [-0.4, -0.2) is 37.6 Å². The van der Waals surface area contributed by atoms with Crippen molar-refractivity contribution < 1.29 is 0 Å². The summed E-state index contributed by atoms with van der Waals surface area (Å²) in [6, 6.07) is 4.07. The lowest BCUT2D eigenvalue weighted by molar-refractivity contribution is 0.275. The number of nitrogens with two attached hydrogens (primary N) is 1. The number of hydrogen-bond donors (Lipinski definition) is 1. The smallest absolute Gasteiger partial charge is 0.0643 e. The molecule has 2 saturated carbocycles. The normalized spacial score (nSPS) is 32.0. The minimum Gasteiger partial charge on any atom is -0.397 e. The first-order chi connectivity index (χ1) is 11.2. The van der Waals surface area contributed by atoms with Crippen LogP contribution in [0.5, 0.6) is 0 Å². The van der Waals surface area contributed by atoms with E-state index in [0.717, 1.165) is 41.5 Å². The molecule has 2 aliphatic heterocycles. The van der Waals surface area contributed by atoms with E-state index >= 15 is 0 Å². The Hall–Kier alpha value is -1.19. The van der Waals surface area contributed by atoms with Crippen LogP contribution in [0.15, 0.2) is 18.2 Å². The van der Waals surface area contributed by atoms with Gasteiger partial charge in [0.25, 0.3) is 0 Å². The lowest BCUT2D eigenvalue weighted by atomic mass is 10.0. The van der Waals surface area contributed by atoms with E-state index in [0.29, 0.717) is 5.02 Å². The topological polar surface area (TPSA) is 32.5 Å². The quantitative estimate of drug-likeness (QED) is 0.860. The highest BCUT2D eigenvalue weighted by atomic mass is 35.5. The summed E-state index contributed by atoms with van der Waals surface area (Å²) in [4.78, 5) is 5.21. The Bertz CT molecular complexity index is 655. The zero-order valence-electron chi connectivity index (χ0n) is 13.4. The molecule has 0 amide bonds. The third-order valence-electron chi connectivity index (χ3n) is 6.25. The van der Waals surface area contributed by atoms with E-state index in [1.807, 2.05) is 6.07 Å². The van der Waals surface area contributed by atoms with Crippen LogP contribution in [0.1, 0.15) is 18.4 Å². The highest BCUT2D eigenvalue weighted by Crippen LogP contribution is 2.53. The Morgan fingerprint density at radius 1 is 1.13 bits per heavy atom. The maximum Gasteiger partial charge on any atom is 0.0643 e. The highest BCUT2D eigenvalue weighted by Gasteiger charge is 2.56. The molecule has 3 fully saturated rings. The third kappa shape index (κ3) is 2.45. The van der Waals surface area contributed by atoms with Gasteiger partial charge in [-0.05, 0) is 48.6 Å². The van der Waals surface area contributed by atoms with Crippen molar-refractivity contribution in [2.45, 2.75) is 12.8 Å². The van der Waals surface area contributed by atoms with Crippen LogP contribution in [0.4, 0.5) is 11.4 Å². The summed E-state index contributed by atoms with van der Waals surface area (Å²) >= 11 is 6.17. The number of halogens is 1. The predicted octanol–water partition coefficient (Wildman–Crippen LogP) is 3.34. The Labute approximate surface area is 143 Å². The van der Waals surface area contributed by atoms with E-state index in [2.05, 4.69) is 28.0 Å². The number of nitrogens with zero attached hydrogens (tertiary/aromatic N) is 2. The standard InChI is InChI=1S/C19H24ClN3/c20-17-5-6-18-13(19(17)21)2-1-7-23(18)11-16-14-9-22(10-15(14)16)8-12-3-4-12/h1-2,5-6,12,14-16H,3-4,7-11,21H2. The predicted molar refractivity (Wildman–Crippen MR) is 96.7 cm³/mol. The molecule has 23 heavy (non-hydrogen) atoms. The van der Waals surface area contributed by atoms with Crippen molar-refractivity contribution in [3.8, 4) is 0 Å². The van der Waals surface area contributed by atoms with Gasteiger partial charge in [-0.1, -0.05) is 23.8 Å². The lowest BCUT2D eigenvalue weighted by Gasteiger charge is -2.30. The molecule has 2 heterocycles. The SMILES string of the molecule is Nc1c(Cl)ccc2c1C=CCN2CC1C2CN(CC3CC3)CC21. The molecule has 1 aromatic rings. The van der Waals surface area contributed by atoms with Gasteiger partial charge in [-0.2, -0.15) is 0 Å². The van der Waals surface area contributed by atoms with Gasteiger partial charge in [0, 0.05) is 44.0 Å². The molecule has 5 rings (SSSR count). The summed E-state index contributed by atoms with van der Waals surface area (Å²) < 4.78 is 0. The van der Waals surface area contributed by atoms with E-state index in [-0.39, 0.29) is 0 Å². The van der Waals surface area contributed by atoms with Crippen LogP contribution >= 0.6 is 11.6 Å². The molecule has 3 nitrogen and oxygen atoms in total. The fourth-order valence-electron chi connectivity index (χ4n) is 4.69. The molecule has 1 saturated heterocycles. The maximum atomic E-state index is 6.17. The summed E-state index contributed by atoms with van der Waals surface area (Å²) in [5.41, 5.74) is 9.24. The average Bonchev–Trinajstić information content (AvgIpc) is 3.43. The second-order valence-electron chi connectivity index (χ2n) is 7.85. The van der Waals surface area contributed by atoms with Crippen LogP contribution in [0.25, 0.3) is 6.08 Å². The lowest BCUT2D eigenvalue weighted by Crippen LogP contribution is -2.33. The van der Waals surface area contributed by atoms with Crippen LogP contribution in [0.3, 0.4) is 0 Å². The first-order valence-electron chi connectivity index (χ1n) is 8.92. The van der Waals surface area contributed by atoms with Crippen LogP contribution in [0.2, 0.25) is 5.02 Å². The maximum absolute atomic E-state index is 6.17. The van der Waals surface area contributed by atoms with Gasteiger partial charge in [0.15, 0.2) is 0 Å². The van der Waals surface area contributed by atoms with Crippen molar-refractivity contribution >= 4 is 29.1 Å². The largest absolute Gasteiger partial charge is 0.397 e. The van der Waals surface area contributed by atoms with Gasteiger partial charge in [-0.25, -0.2) is 0 Å². The molecule has 0 aromatic heterocycles. The Morgan fingerprint density at radius 3 is 2.65 bits per heavy atom. The fraction of sp³-hybridized carbons (Fsp3) is 0.579. The number of nitrogen functional groups attached to an aromatic ring is 1. The number of benzene rings is 1. The zero-order chi connectivity index (χ0) is 15.6. The molecule has 0 bridgehead atoms. The molecule has 2 atom stereocenters. The second-order valence-corrected chi connectivity index (χ2v) is 8.26. The molecule has 1 aromatic carbocycles. The molecule has 2 N–H and O–H groups in total. The van der Waals surface area contributed by atoms with E-state index in [4.69, 9.17) is 17.3 Å². The molecule has 0 radical (unpaired) electrons. The fourth-order valence-corrected chi connectivity index (χ4v) is 4.86. The highest BCUT2D eigenvalue weighted by molar-refractivity contribution is 6.33. The second kappa shape index (κ2) is 5.15. The molecule has 122 valence electrons. The van der Waals surface area contributed by atoms with Gasteiger partial charge in [0.05, 0.1) is 10.7 Å². The Morgan fingerprint density at radius 2 is 1.91 bits per heavy atom. The van der Waals surface area contributed by atoms with Gasteiger partial charge in [-0.15, -0.1) is 0 Å². The van der Waals surface area contributed by atoms with Gasteiger partial charge < -0.3 is 15.5 Å². The number of piperidine rings is 1. The first-order valence-corrected chi connectivity index (χ1v) is 9.30. The molecule has 2 aliphatic carbocycles. The van der Waals surface area contributed by atoms with Crippen molar-refractivity contribution in [1.82, 2.24) is 4.90 Å². The first kappa shape index (κ1) is 14.2. The van der Waals surface area contributed by atoms with Gasteiger partial charge in [-0.3, -0.25) is 0 Å². The number of fused-ring (bicyclic) bond motifs is 2. The summed E-state index contributed by atoms with van der Waals surface area (Å²) in [7, 11) is 0. The van der Waals surface area contributed by atoms with Crippen molar-refractivity contribution in [3.63, 3.8) is 0 Å². The zero-order valence-corrected chi connectivity index (χ0v) is 14.2. The minimum absolute atomic E-state index is 0.661. The van der Waals surface area contributed by atoms with Crippen LogP contribution in [0, 0.1) is 23.7 Å². The summed E-state index contributed by atoms with van der Waals surface area (Å²) in [6.07, 6.45) is 7.27. The summed E-state index contributed by atoms with van der Waals surface area (Å²) in [6.45, 7) is 6.21. The molecular weight excluding hydrogens is 306 g/mol. The average molecular weight is 330 g/mol. The molecular formula is C19H24ClN3. The monoisotopic (exact) mass is 329 g/mol. The summed E-state index contributed by atoms with van der Waals surface area (Å²) in [5.74, 6) is 3.78. The Balaban J connectivity index is 1.25. The van der Waals surface area contributed by atoms with E-state index in [1.165, 1.54) is 44.7 Å². The van der Waals surface area contributed by atoms with Crippen molar-refractivity contribution in [2.24, 2.45) is 23.7 Å². The van der Waals surface area contributed by atoms with E-state index in [1.54, 1.807) is 0 Å². The molecule has 4 aliphatic rings. The number of hydrogen-bond acceptors (Lipinski definition) is 3. The molecule has 2 unspecified atom stereocenters. The third-order valence-corrected chi connectivity index (χ3v) is 6.58. The number of likely N-dealkylation sites (tertiary alicyclic amines) is 1. The van der Waals surface area contributed by atoms with E-state index < -0.39 is 0 Å². The Kier molecular flexibility index (Phi) is 3.18. The number of anilines is 2. The van der Waals surface area contributed by atoms with Crippen molar-refractivity contribution in [3.05, 3.63) is 28.8 Å². The summed E-state index contributed by atoms with van der Waals surface area (Å²) in [5, 5.41) is 0.661. The van der Waals surface area contributed by atoms with Gasteiger partial charge in [0.1, 0.15) is 0 Å².